The zero-order valence-electron chi connectivity index (χ0n) is 18.8. The summed E-state index contributed by atoms with van der Waals surface area (Å²) in [5.74, 6) is 7.28. The van der Waals surface area contributed by atoms with Crippen LogP contribution in [0.2, 0.25) is 0 Å². The number of aryl methyl sites for hydroxylation is 2. The molecule has 0 atom stereocenters. The molecular formula is C21H29N7O2S. The van der Waals surface area contributed by atoms with E-state index in [1.54, 1.807) is 4.68 Å². The van der Waals surface area contributed by atoms with Crippen molar-refractivity contribution in [2.24, 2.45) is 7.05 Å². The number of thioether (sulfide) groups is 1. The highest BCUT2D eigenvalue weighted by Crippen LogP contribution is 2.25. The van der Waals surface area contributed by atoms with Gasteiger partial charge in [-0.3, -0.25) is 9.48 Å². The van der Waals surface area contributed by atoms with Gasteiger partial charge in [-0.2, -0.15) is 5.10 Å². The van der Waals surface area contributed by atoms with Crippen LogP contribution in [0.4, 0.5) is 5.69 Å². The molecule has 3 aromatic rings. The molecule has 1 aromatic carbocycles. The summed E-state index contributed by atoms with van der Waals surface area (Å²) in [4.78, 5) is 12.3. The normalized spacial score (nSPS) is 11.5. The van der Waals surface area contributed by atoms with Gasteiger partial charge in [0, 0.05) is 7.05 Å². The number of ether oxygens (including phenoxy) is 1. The molecule has 1 amide bonds. The van der Waals surface area contributed by atoms with E-state index in [4.69, 9.17) is 10.6 Å². The van der Waals surface area contributed by atoms with Crippen molar-refractivity contribution < 1.29 is 9.53 Å². The first kappa shape index (κ1) is 22.7. The fraction of sp³-hybridized carbons (Fsp3) is 0.429. The average Bonchev–Trinajstić information content (AvgIpc) is 3.18. The molecule has 3 N–H and O–H groups in total. The monoisotopic (exact) mass is 443 g/mol. The lowest BCUT2D eigenvalue weighted by molar-refractivity contribution is -0.113. The minimum Gasteiger partial charge on any atom is -0.486 e. The number of rotatable bonds is 7. The van der Waals surface area contributed by atoms with Gasteiger partial charge in [0.1, 0.15) is 12.4 Å². The highest BCUT2D eigenvalue weighted by atomic mass is 32.2. The van der Waals surface area contributed by atoms with Gasteiger partial charge in [0.05, 0.1) is 22.8 Å². The van der Waals surface area contributed by atoms with Crippen molar-refractivity contribution in [1.29, 1.82) is 0 Å². The standard InChI is InChI=1S/C21H29N7O2S/c1-13-19(14(2)27(6)26-13)23-18(29)12-31-20-25-24-17(28(20)22)11-30-16-9-7-15(8-10-16)21(3,4)5/h7-10H,11-12,22H2,1-6H3,(H,23,29). The van der Waals surface area contributed by atoms with Crippen LogP contribution in [0.1, 0.15) is 43.5 Å². The van der Waals surface area contributed by atoms with E-state index in [0.29, 0.717) is 11.0 Å². The first-order valence-corrected chi connectivity index (χ1v) is 10.9. The van der Waals surface area contributed by atoms with Crippen LogP contribution in [0.25, 0.3) is 0 Å². The Labute approximate surface area is 186 Å². The lowest BCUT2D eigenvalue weighted by Crippen LogP contribution is -2.18. The van der Waals surface area contributed by atoms with Gasteiger partial charge in [-0.1, -0.05) is 44.7 Å². The van der Waals surface area contributed by atoms with Gasteiger partial charge in [0.2, 0.25) is 11.1 Å². The second-order valence-electron chi connectivity index (χ2n) is 8.34. The molecule has 0 fully saturated rings. The molecule has 2 heterocycles. The first-order valence-electron chi connectivity index (χ1n) is 9.92. The number of aromatic nitrogens is 5. The van der Waals surface area contributed by atoms with Crippen molar-refractivity contribution in [3.05, 3.63) is 47.0 Å². The number of amides is 1. The van der Waals surface area contributed by atoms with E-state index in [1.165, 1.54) is 22.0 Å². The highest BCUT2D eigenvalue weighted by molar-refractivity contribution is 7.99. The number of nitrogens with zero attached hydrogens (tertiary/aromatic N) is 5. The first-order chi connectivity index (χ1) is 14.6. The predicted octanol–water partition coefficient (Wildman–Crippen LogP) is 2.95. The third kappa shape index (κ3) is 5.38. The van der Waals surface area contributed by atoms with Crippen LogP contribution in [0, 0.1) is 13.8 Å². The Balaban J connectivity index is 1.54. The second-order valence-corrected chi connectivity index (χ2v) is 9.28. The molecule has 0 unspecified atom stereocenters. The van der Waals surface area contributed by atoms with Gasteiger partial charge in [0.15, 0.2) is 5.82 Å². The molecule has 9 nitrogen and oxygen atoms in total. The van der Waals surface area contributed by atoms with E-state index in [2.05, 4.69) is 41.4 Å². The van der Waals surface area contributed by atoms with Crippen LogP contribution in [0.15, 0.2) is 29.4 Å². The molecule has 2 aromatic heterocycles. The Morgan fingerprint density at radius 2 is 1.87 bits per heavy atom. The number of nitrogen functional groups attached to an aromatic ring is 1. The molecule has 0 aliphatic heterocycles. The van der Waals surface area contributed by atoms with E-state index in [0.717, 1.165) is 22.8 Å². The molecule has 166 valence electrons. The Morgan fingerprint density at radius 3 is 2.45 bits per heavy atom. The summed E-state index contributed by atoms with van der Waals surface area (Å²) in [6.07, 6.45) is 0. The molecule has 0 saturated carbocycles. The molecule has 0 spiro atoms. The van der Waals surface area contributed by atoms with Gasteiger partial charge in [-0.05, 0) is 37.0 Å². The molecule has 0 bridgehead atoms. The van der Waals surface area contributed by atoms with Crippen LogP contribution in [-0.4, -0.2) is 36.3 Å². The molecule has 0 aliphatic carbocycles. The Morgan fingerprint density at radius 1 is 1.19 bits per heavy atom. The maximum Gasteiger partial charge on any atom is 0.234 e. The van der Waals surface area contributed by atoms with Crippen LogP contribution in [0.5, 0.6) is 5.75 Å². The molecule has 0 saturated heterocycles. The molecule has 10 heteroatoms. The zero-order chi connectivity index (χ0) is 22.8. The van der Waals surface area contributed by atoms with E-state index in [1.807, 2.05) is 45.2 Å². The Bertz CT molecular complexity index is 1060. The number of anilines is 1. The van der Waals surface area contributed by atoms with Crippen molar-refractivity contribution in [3.8, 4) is 5.75 Å². The van der Waals surface area contributed by atoms with Gasteiger partial charge in [-0.25, -0.2) is 4.68 Å². The number of carbonyl (C=O) groups excluding carboxylic acids is 1. The van der Waals surface area contributed by atoms with Crippen molar-refractivity contribution in [3.63, 3.8) is 0 Å². The smallest absolute Gasteiger partial charge is 0.234 e. The van der Waals surface area contributed by atoms with E-state index < -0.39 is 0 Å². The lowest BCUT2D eigenvalue weighted by atomic mass is 9.87. The topological polar surface area (TPSA) is 113 Å². The van der Waals surface area contributed by atoms with Gasteiger partial charge in [0.25, 0.3) is 0 Å². The zero-order valence-corrected chi connectivity index (χ0v) is 19.6. The molecule has 0 aliphatic rings. The van der Waals surface area contributed by atoms with Crippen LogP contribution < -0.4 is 15.9 Å². The van der Waals surface area contributed by atoms with Crippen molar-refractivity contribution in [2.45, 2.75) is 51.8 Å². The average molecular weight is 444 g/mol. The minimum atomic E-state index is -0.163. The molecule has 0 radical (unpaired) electrons. The summed E-state index contributed by atoms with van der Waals surface area (Å²) in [6.45, 7) is 10.4. The quantitative estimate of drug-likeness (QED) is 0.426. The fourth-order valence-corrected chi connectivity index (χ4v) is 3.64. The minimum absolute atomic E-state index is 0.0861. The molecular weight excluding hydrogens is 414 g/mol. The third-order valence-electron chi connectivity index (χ3n) is 4.93. The summed E-state index contributed by atoms with van der Waals surface area (Å²) < 4.78 is 8.87. The number of benzene rings is 1. The SMILES string of the molecule is Cc1nn(C)c(C)c1NC(=O)CSc1nnc(COc2ccc(C(C)(C)C)cc2)n1N. The highest BCUT2D eigenvalue weighted by Gasteiger charge is 2.16. The lowest BCUT2D eigenvalue weighted by Gasteiger charge is -2.19. The maximum atomic E-state index is 12.3. The van der Waals surface area contributed by atoms with Crippen LogP contribution in [-0.2, 0) is 23.9 Å². The Kier molecular flexibility index (Phi) is 6.59. The molecule has 3 rings (SSSR count). The van der Waals surface area contributed by atoms with Crippen molar-refractivity contribution in [1.82, 2.24) is 24.7 Å². The second kappa shape index (κ2) is 9.01. The summed E-state index contributed by atoms with van der Waals surface area (Å²) >= 11 is 1.21. The number of nitrogens with two attached hydrogens (primary N) is 1. The number of nitrogens with one attached hydrogen (secondary N) is 1. The van der Waals surface area contributed by atoms with Gasteiger partial charge < -0.3 is 15.9 Å². The van der Waals surface area contributed by atoms with E-state index >= 15 is 0 Å². The summed E-state index contributed by atoms with van der Waals surface area (Å²) in [5, 5.41) is 15.8. The van der Waals surface area contributed by atoms with Gasteiger partial charge >= 0.3 is 0 Å². The summed E-state index contributed by atoms with van der Waals surface area (Å²) in [7, 11) is 1.84. The Hall–Kier alpha value is -3.01. The molecule has 31 heavy (non-hydrogen) atoms. The largest absolute Gasteiger partial charge is 0.486 e. The summed E-state index contributed by atoms with van der Waals surface area (Å²) in [6, 6.07) is 7.96. The van der Waals surface area contributed by atoms with E-state index in [-0.39, 0.29) is 23.7 Å². The number of carbonyl (C=O) groups is 1. The van der Waals surface area contributed by atoms with E-state index in [9.17, 15) is 4.79 Å². The van der Waals surface area contributed by atoms with Crippen LogP contribution >= 0.6 is 11.8 Å². The maximum absolute atomic E-state index is 12.3. The fourth-order valence-electron chi connectivity index (χ4n) is 2.96. The van der Waals surface area contributed by atoms with Crippen LogP contribution in [0.3, 0.4) is 0 Å². The van der Waals surface area contributed by atoms with Gasteiger partial charge in [-0.15, -0.1) is 10.2 Å². The number of hydrogen-bond donors (Lipinski definition) is 2. The predicted molar refractivity (Wildman–Crippen MR) is 122 cm³/mol. The van der Waals surface area contributed by atoms with Crippen molar-refractivity contribution >= 4 is 23.4 Å². The number of hydrogen-bond acceptors (Lipinski definition) is 7. The summed E-state index contributed by atoms with van der Waals surface area (Å²) in [5.41, 5.74) is 3.72. The van der Waals surface area contributed by atoms with Crippen molar-refractivity contribution in [2.75, 3.05) is 16.9 Å². The third-order valence-corrected chi connectivity index (χ3v) is 5.87.